The van der Waals surface area contributed by atoms with Crippen molar-refractivity contribution < 1.29 is 5.11 Å². The van der Waals surface area contributed by atoms with Crippen LogP contribution in [0.15, 0.2) is 23.8 Å². The van der Waals surface area contributed by atoms with Crippen LogP contribution in [-0.2, 0) is 0 Å². The zero-order valence-corrected chi connectivity index (χ0v) is 10.0. The van der Waals surface area contributed by atoms with Crippen LogP contribution in [0.2, 0.25) is 0 Å². The number of aliphatic hydroxyl groups is 1. The van der Waals surface area contributed by atoms with E-state index < -0.39 is 0 Å². The number of aryl methyl sites for hydroxylation is 1. The van der Waals surface area contributed by atoms with Gasteiger partial charge in [0.15, 0.2) is 0 Å². The summed E-state index contributed by atoms with van der Waals surface area (Å²) in [6.07, 6.45) is 2.10. The second-order valence-electron chi connectivity index (χ2n) is 4.32. The Morgan fingerprint density at radius 1 is 1.33 bits per heavy atom. The number of benzene rings is 1. The standard InChI is InChI=1S/C14H20O/c1-10(2)14(9-15)8-13-7-5-6-11(3)12(13)4/h5-8,10,15H,9H2,1-4H3. The van der Waals surface area contributed by atoms with E-state index in [1.807, 2.05) is 0 Å². The molecule has 0 aliphatic carbocycles. The molecule has 0 fully saturated rings. The molecule has 1 N–H and O–H groups in total. The van der Waals surface area contributed by atoms with E-state index in [-0.39, 0.29) is 6.61 Å². The topological polar surface area (TPSA) is 20.2 Å². The zero-order valence-electron chi connectivity index (χ0n) is 10.0. The highest BCUT2D eigenvalue weighted by molar-refractivity contribution is 5.58. The fraction of sp³-hybridized carbons (Fsp3) is 0.429. The van der Waals surface area contributed by atoms with Crippen molar-refractivity contribution in [2.24, 2.45) is 5.92 Å². The Morgan fingerprint density at radius 2 is 2.00 bits per heavy atom. The van der Waals surface area contributed by atoms with Gasteiger partial charge in [-0.2, -0.15) is 0 Å². The van der Waals surface area contributed by atoms with E-state index in [4.69, 9.17) is 0 Å². The summed E-state index contributed by atoms with van der Waals surface area (Å²) >= 11 is 0. The first kappa shape index (κ1) is 12.0. The van der Waals surface area contributed by atoms with Crippen molar-refractivity contribution in [3.05, 3.63) is 40.5 Å². The first-order valence-corrected chi connectivity index (χ1v) is 5.43. The molecule has 1 aromatic carbocycles. The molecule has 0 aliphatic heterocycles. The zero-order chi connectivity index (χ0) is 11.4. The molecule has 1 rings (SSSR count). The summed E-state index contributed by atoms with van der Waals surface area (Å²) < 4.78 is 0. The molecule has 0 unspecified atom stereocenters. The molecule has 0 spiro atoms. The molecule has 0 bridgehead atoms. The van der Waals surface area contributed by atoms with Crippen molar-refractivity contribution >= 4 is 6.08 Å². The van der Waals surface area contributed by atoms with Gasteiger partial charge in [0.25, 0.3) is 0 Å². The molecule has 0 atom stereocenters. The van der Waals surface area contributed by atoms with Crippen LogP contribution >= 0.6 is 0 Å². The van der Waals surface area contributed by atoms with Crippen LogP contribution in [0.1, 0.15) is 30.5 Å². The summed E-state index contributed by atoms with van der Waals surface area (Å²) in [7, 11) is 0. The van der Waals surface area contributed by atoms with Crippen molar-refractivity contribution in [1.29, 1.82) is 0 Å². The van der Waals surface area contributed by atoms with Gasteiger partial charge in [-0.3, -0.25) is 0 Å². The highest BCUT2D eigenvalue weighted by atomic mass is 16.3. The van der Waals surface area contributed by atoms with Gasteiger partial charge >= 0.3 is 0 Å². The Hall–Kier alpha value is -1.08. The van der Waals surface area contributed by atoms with Crippen LogP contribution in [0.5, 0.6) is 0 Å². The fourth-order valence-corrected chi connectivity index (χ4v) is 1.52. The van der Waals surface area contributed by atoms with Crippen molar-refractivity contribution in [3.8, 4) is 0 Å². The van der Waals surface area contributed by atoms with E-state index in [2.05, 4.69) is 52.0 Å². The van der Waals surface area contributed by atoms with Crippen molar-refractivity contribution in [2.75, 3.05) is 6.61 Å². The number of hydrogen-bond acceptors (Lipinski definition) is 1. The number of hydrogen-bond donors (Lipinski definition) is 1. The summed E-state index contributed by atoms with van der Waals surface area (Å²) in [6, 6.07) is 6.27. The first-order chi connectivity index (χ1) is 7.06. The van der Waals surface area contributed by atoms with Gasteiger partial charge in [0.05, 0.1) is 6.61 Å². The van der Waals surface area contributed by atoms with E-state index in [1.54, 1.807) is 0 Å². The highest BCUT2D eigenvalue weighted by Gasteiger charge is 2.03. The average molecular weight is 204 g/mol. The summed E-state index contributed by atoms with van der Waals surface area (Å²) in [4.78, 5) is 0. The van der Waals surface area contributed by atoms with Crippen LogP contribution in [-0.4, -0.2) is 11.7 Å². The molecule has 0 aliphatic rings. The number of aliphatic hydroxyl groups excluding tert-OH is 1. The average Bonchev–Trinajstić information content (AvgIpc) is 2.19. The molecule has 0 heterocycles. The van der Waals surface area contributed by atoms with E-state index in [0.717, 1.165) is 5.57 Å². The van der Waals surface area contributed by atoms with Crippen LogP contribution in [0.4, 0.5) is 0 Å². The molecular weight excluding hydrogens is 184 g/mol. The monoisotopic (exact) mass is 204 g/mol. The van der Waals surface area contributed by atoms with E-state index in [0.29, 0.717) is 5.92 Å². The summed E-state index contributed by atoms with van der Waals surface area (Å²) in [5, 5.41) is 9.25. The quantitative estimate of drug-likeness (QED) is 0.800. The van der Waals surface area contributed by atoms with E-state index in [1.165, 1.54) is 16.7 Å². The molecular formula is C14H20O. The molecule has 0 aromatic heterocycles. The normalized spacial score (nSPS) is 12.3. The van der Waals surface area contributed by atoms with Crippen LogP contribution in [0.3, 0.4) is 0 Å². The SMILES string of the molecule is Cc1cccc(C=C(CO)C(C)C)c1C. The van der Waals surface area contributed by atoms with Gasteiger partial charge < -0.3 is 5.11 Å². The van der Waals surface area contributed by atoms with Gasteiger partial charge in [0.1, 0.15) is 0 Å². The Morgan fingerprint density at radius 3 is 2.53 bits per heavy atom. The summed E-state index contributed by atoms with van der Waals surface area (Å²) in [6.45, 7) is 8.59. The Balaban J connectivity index is 3.11. The van der Waals surface area contributed by atoms with Gasteiger partial charge in [-0.1, -0.05) is 38.1 Å². The third kappa shape index (κ3) is 2.93. The Labute approximate surface area is 92.5 Å². The van der Waals surface area contributed by atoms with Gasteiger partial charge in [0.2, 0.25) is 0 Å². The Kier molecular flexibility index (Phi) is 4.10. The molecule has 0 amide bonds. The molecule has 1 aromatic rings. The van der Waals surface area contributed by atoms with Gasteiger partial charge in [0, 0.05) is 0 Å². The molecule has 1 heteroatoms. The minimum atomic E-state index is 0.144. The van der Waals surface area contributed by atoms with Gasteiger partial charge in [-0.15, -0.1) is 0 Å². The van der Waals surface area contributed by atoms with Crippen LogP contribution in [0, 0.1) is 19.8 Å². The maximum atomic E-state index is 9.25. The third-order valence-electron chi connectivity index (χ3n) is 2.91. The van der Waals surface area contributed by atoms with Crippen LogP contribution < -0.4 is 0 Å². The van der Waals surface area contributed by atoms with Gasteiger partial charge in [-0.05, 0) is 42.0 Å². The van der Waals surface area contributed by atoms with E-state index in [9.17, 15) is 5.11 Å². The minimum Gasteiger partial charge on any atom is -0.392 e. The maximum Gasteiger partial charge on any atom is 0.0647 e. The second-order valence-corrected chi connectivity index (χ2v) is 4.32. The minimum absolute atomic E-state index is 0.144. The van der Waals surface area contributed by atoms with Crippen molar-refractivity contribution in [2.45, 2.75) is 27.7 Å². The lowest BCUT2D eigenvalue weighted by Gasteiger charge is -2.10. The number of rotatable bonds is 3. The second kappa shape index (κ2) is 5.13. The molecule has 0 saturated carbocycles. The van der Waals surface area contributed by atoms with Crippen molar-refractivity contribution in [3.63, 3.8) is 0 Å². The lowest BCUT2D eigenvalue weighted by Crippen LogP contribution is -1.99. The molecule has 15 heavy (non-hydrogen) atoms. The van der Waals surface area contributed by atoms with Gasteiger partial charge in [-0.25, -0.2) is 0 Å². The third-order valence-corrected chi connectivity index (χ3v) is 2.91. The first-order valence-electron chi connectivity index (χ1n) is 5.43. The maximum absolute atomic E-state index is 9.25. The largest absolute Gasteiger partial charge is 0.392 e. The fourth-order valence-electron chi connectivity index (χ4n) is 1.52. The molecule has 1 nitrogen and oxygen atoms in total. The predicted octanol–water partition coefficient (Wildman–Crippen LogP) is 3.34. The molecule has 82 valence electrons. The smallest absolute Gasteiger partial charge is 0.0647 e. The highest BCUT2D eigenvalue weighted by Crippen LogP contribution is 2.19. The molecule has 0 saturated heterocycles. The summed E-state index contributed by atoms with van der Waals surface area (Å²) in [5.74, 6) is 0.398. The lowest BCUT2D eigenvalue weighted by molar-refractivity contribution is 0.320. The Bertz CT molecular complexity index is 362. The lowest BCUT2D eigenvalue weighted by atomic mass is 9.97. The summed E-state index contributed by atoms with van der Waals surface area (Å²) in [5.41, 5.74) is 4.89. The van der Waals surface area contributed by atoms with Crippen LogP contribution in [0.25, 0.3) is 6.08 Å². The van der Waals surface area contributed by atoms with E-state index >= 15 is 0 Å². The molecule has 0 radical (unpaired) electrons. The van der Waals surface area contributed by atoms with Crippen molar-refractivity contribution in [1.82, 2.24) is 0 Å². The predicted molar refractivity (Wildman–Crippen MR) is 65.8 cm³/mol.